The fraction of sp³-hybridized carbons (Fsp3) is 0.304. The van der Waals surface area contributed by atoms with Gasteiger partial charge in [0, 0.05) is 29.8 Å². The maximum atomic E-state index is 5.76. The standard InChI is InChI=1S/C23H26N4S/c1-16(2)15-26-22(21(25-23(26)28)19-11-7-8-14-24-19)20-13-12-17(3)27(20)18-9-5-4-6-10-18/h4-14,16,21-22H,15H2,1-3H3,(H,25,28)/t21-,22-/m1/s1. The van der Waals surface area contributed by atoms with Crippen molar-refractivity contribution in [2.24, 2.45) is 5.92 Å². The van der Waals surface area contributed by atoms with Crippen molar-refractivity contribution in [1.29, 1.82) is 0 Å². The molecule has 28 heavy (non-hydrogen) atoms. The Morgan fingerprint density at radius 3 is 2.46 bits per heavy atom. The Morgan fingerprint density at radius 2 is 1.79 bits per heavy atom. The summed E-state index contributed by atoms with van der Waals surface area (Å²) in [7, 11) is 0. The summed E-state index contributed by atoms with van der Waals surface area (Å²) in [5.41, 5.74) is 4.62. The van der Waals surface area contributed by atoms with E-state index >= 15 is 0 Å². The van der Waals surface area contributed by atoms with Crippen LogP contribution in [-0.2, 0) is 0 Å². The van der Waals surface area contributed by atoms with Gasteiger partial charge in [-0.25, -0.2) is 0 Å². The molecular weight excluding hydrogens is 364 g/mol. The second-order valence-corrected chi connectivity index (χ2v) is 8.13. The summed E-state index contributed by atoms with van der Waals surface area (Å²) < 4.78 is 2.34. The zero-order valence-electron chi connectivity index (χ0n) is 16.5. The quantitative estimate of drug-likeness (QED) is 0.634. The van der Waals surface area contributed by atoms with E-state index in [1.165, 1.54) is 17.1 Å². The number of nitrogens with zero attached hydrogens (tertiary/aromatic N) is 3. The van der Waals surface area contributed by atoms with E-state index in [-0.39, 0.29) is 12.1 Å². The van der Waals surface area contributed by atoms with Crippen molar-refractivity contribution >= 4 is 17.3 Å². The molecule has 1 aliphatic rings. The first-order valence-electron chi connectivity index (χ1n) is 9.78. The number of nitrogens with one attached hydrogen (secondary N) is 1. The molecule has 3 heterocycles. The average Bonchev–Trinajstić information content (AvgIpc) is 3.23. The fourth-order valence-corrected chi connectivity index (χ4v) is 4.35. The smallest absolute Gasteiger partial charge is 0.170 e. The Labute approximate surface area is 172 Å². The molecule has 0 amide bonds. The number of rotatable bonds is 5. The van der Waals surface area contributed by atoms with Gasteiger partial charge in [0.1, 0.15) is 0 Å². The van der Waals surface area contributed by atoms with Crippen molar-refractivity contribution in [2.45, 2.75) is 32.9 Å². The number of aromatic nitrogens is 2. The number of thiocarbonyl (C=S) groups is 1. The molecule has 0 bridgehead atoms. The van der Waals surface area contributed by atoms with Crippen LogP contribution in [0.1, 0.15) is 43.0 Å². The number of pyridine rings is 1. The highest BCUT2D eigenvalue weighted by molar-refractivity contribution is 7.80. The zero-order chi connectivity index (χ0) is 19.7. The third-order valence-corrected chi connectivity index (χ3v) is 5.54. The van der Waals surface area contributed by atoms with Crippen LogP contribution in [0.2, 0.25) is 0 Å². The Kier molecular flexibility index (Phi) is 5.18. The van der Waals surface area contributed by atoms with Crippen LogP contribution in [0, 0.1) is 12.8 Å². The van der Waals surface area contributed by atoms with Gasteiger partial charge in [-0.05, 0) is 61.5 Å². The van der Waals surface area contributed by atoms with E-state index in [4.69, 9.17) is 12.2 Å². The van der Waals surface area contributed by atoms with Gasteiger partial charge < -0.3 is 14.8 Å². The molecule has 1 N–H and O–H groups in total. The molecule has 1 fully saturated rings. The third kappa shape index (κ3) is 3.42. The van der Waals surface area contributed by atoms with Gasteiger partial charge in [-0.3, -0.25) is 4.98 Å². The van der Waals surface area contributed by atoms with Gasteiger partial charge in [0.15, 0.2) is 5.11 Å². The van der Waals surface area contributed by atoms with Crippen LogP contribution in [0.15, 0.2) is 66.9 Å². The molecule has 1 aliphatic heterocycles. The van der Waals surface area contributed by atoms with Crippen molar-refractivity contribution in [1.82, 2.24) is 19.8 Å². The molecule has 0 spiro atoms. The van der Waals surface area contributed by atoms with Crippen LogP contribution >= 0.6 is 12.2 Å². The molecule has 3 aromatic rings. The van der Waals surface area contributed by atoms with Crippen LogP contribution in [0.25, 0.3) is 5.69 Å². The van der Waals surface area contributed by atoms with E-state index in [0.717, 1.165) is 17.4 Å². The van der Waals surface area contributed by atoms with E-state index in [1.807, 2.05) is 18.3 Å². The monoisotopic (exact) mass is 390 g/mol. The highest BCUT2D eigenvalue weighted by Gasteiger charge is 2.41. The second-order valence-electron chi connectivity index (χ2n) is 7.74. The summed E-state index contributed by atoms with van der Waals surface area (Å²) in [6.07, 6.45) is 1.85. The van der Waals surface area contributed by atoms with Gasteiger partial charge in [0.05, 0.1) is 17.8 Å². The molecule has 0 unspecified atom stereocenters. The number of aryl methyl sites for hydroxylation is 1. The van der Waals surface area contributed by atoms with Crippen LogP contribution < -0.4 is 5.32 Å². The van der Waals surface area contributed by atoms with Crippen molar-refractivity contribution in [3.8, 4) is 5.69 Å². The van der Waals surface area contributed by atoms with Crippen LogP contribution in [0.4, 0.5) is 0 Å². The first-order valence-corrected chi connectivity index (χ1v) is 10.2. The number of hydrogen-bond acceptors (Lipinski definition) is 2. The Hall–Kier alpha value is -2.66. The lowest BCUT2D eigenvalue weighted by Crippen LogP contribution is -2.33. The van der Waals surface area contributed by atoms with Crippen LogP contribution in [0.3, 0.4) is 0 Å². The maximum absolute atomic E-state index is 5.76. The number of para-hydroxylation sites is 1. The van der Waals surface area contributed by atoms with E-state index in [1.54, 1.807) is 0 Å². The molecule has 4 nitrogen and oxygen atoms in total. The molecule has 0 saturated carbocycles. The van der Waals surface area contributed by atoms with E-state index in [0.29, 0.717) is 5.92 Å². The SMILES string of the molecule is Cc1ccc([C@@H]2[C@@H](c3ccccn3)NC(=S)N2CC(C)C)n1-c1ccccc1. The minimum atomic E-state index is 0.0178. The lowest BCUT2D eigenvalue weighted by molar-refractivity contribution is 0.280. The molecular formula is C23H26N4S. The van der Waals surface area contributed by atoms with Gasteiger partial charge in [-0.2, -0.15) is 0 Å². The second kappa shape index (κ2) is 7.76. The number of benzene rings is 1. The predicted octanol–water partition coefficient (Wildman–Crippen LogP) is 4.81. The molecule has 0 aliphatic carbocycles. The highest BCUT2D eigenvalue weighted by atomic mass is 32.1. The fourth-order valence-electron chi connectivity index (χ4n) is 4.04. The van der Waals surface area contributed by atoms with E-state index in [9.17, 15) is 0 Å². The average molecular weight is 391 g/mol. The highest BCUT2D eigenvalue weighted by Crippen LogP contribution is 2.40. The largest absolute Gasteiger partial charge is 0.352 e. The third-order valence-electron chi connectivity index (χ3n) is 5.18. The summed E-state index contributed by atoms with van der Waals surface area (Å²) in [5.74, 6) is 0.506. The number of hydrogen-bond donors (Lipinski definition) is 1. The van der Waals surface area contributed by atoms with Crippen molar-refractivity contribution in [2.75, 3.05) is 6.54 Å². The Balaban J connectivity index is 1.85. The normalized spacial score (nSPS) is 19.3. The van der Waals surface area contributed by atoms with Gasteiger partial charge >= 0.3 is 0 Å². The molecule has 1 aromatic carbocycles. The zero-order valence-corrected chi connectivity index (χ0v) is 17.4. The van der Waals surface area contributed by atoms with Crippen molar-refractivity contribution in [3.63, 3.8) is 0 Å². The van der Waals surface area contributed by atoms with E-state index in [2.05, 4.69) is 89.1 Å². The van der Waals surface area contributed by atoms with Gasteiger partial charge in [-0.1, -0.05) is 38.1 Å². The Morgan fingerprint density at radius 1 is 1.04 bits per heavy atom. The summed E-state index contributed by atoms with van der Waals surface area (Å²) in [5, 5.41) is 4.34. The first kappa shape index (κ1) is 18.7. The summed E-state index contributed by atoms with van der Waals surface area (Å²) >= 11 is 5.76. The lowest BCUT2D eigenvalue weighted by atomic mass is 10.0. The summed E-state index contributed by atoms with van der Waals surface area (Å²) in [6, 6.07) is 21.1. The summed E-state index contributed by atoms with van der Waals surface area (Å²) in [4.78, 5) is 6.96. The predicted molar refractivity (Wildman–Crippen MR) is 118 cm³/mol. The minimum absolute atomic E-state index is 0.0178. The molecule has 2 aromatic heterocycles. The van der Waals surface area contributed by atoms with Gasteiger partial charge in [0.2, 0.25) is 0 Å². The minimum Gasteiger partial charge on any atom is -0.352 e. The molecule has 0 radical (unpaired) electrons. The van der Waals surface area contributed by atoms with Crippen molar-refractivity contribution in [3.05, 3.63) is 83.9 Å². The maximum Gasteiger partial charge on any atom is 0.170 e. The molecule has 2 atom stereocenters. The molecule has 4 rings (SSSR count). The van der Waals surface area contributed by atoms with Crippen LogP contribution in [0.5, 0.6) is 0 Å². The van der Waals surface area contributed by atoms with E-state index < -0.39 is 0 Å². The topological polar surface area (TPSA) is 33.1 Å². The first-order chi connectivity index (χ1) is 13.6. The van der Waals surface area contributed by atoms with Gasteiger partial charge in [-0.15, -0.1) is 0 Å². The molecule has 144 valence electrons. The van der Waals surface area contributed by atoms with Crippen molar-refractivity contribution < 1.29 is 0 Å². The van der Waals surface area contributed by atoms with Gasteiger partial charge in [0.25, 0.3) is 0 Å². The lowest BCUT2D eigenvalue weighted by Gasteiger charge is -2.30. The van der Waals surface area contributed by atoms with Crippen LogP contribution in [-0.4, -0.2) is 26.1 Å². The Bertz CT molecular complexity index is 949. The molecule has 5 heteroatoms. The molecule has 1 saturated heterocycles. The summed E-state index contributed by atoms with van der Waals surface area (Å²) in [6.45, 7) is 7.52.